The molecule has 1 aromatic carbocycles. The van der Waals surface area contributed by atoms with E-state index < -0.39 is 6.10 Å². The van der Waals surface area contributed by atoms with Crippen LogP contribution in [-0.2, 0) is 4.79 Å². The average molecular weight is 262 g/mol. The van der Waals surface area contributed by atoms with Crippen LogP contribution in [-0.4, -0.2) is 31.6 Å². The molecule has 1 N–H and O–H groups in total. The van der Waals surface area contributed by atoms with Crippen LogP contribution in [0.2, 0.25) is 0 Å². The molecule has 19 heavy (non-hydrogen) atoms. The Labute approximate surface area is 114 Å². The number of nitrogens with one attached hydrogen (secondary N) is 1. The van der Waals surface area contributed by atoms with Gasteiger partial charge < -0.3 is 15.0 Å². The topological polar surface area (TPSA) is 41.6 Å². The van der Waals surface area contributed by atoms with E-state index in [1.54, 1.807) is 6.92 Å². The van der Waals surface area contributed by atoms with E-state index in [1.807, 2.05) is 29.2 Å². The third kappa shape index (κ3) is 3.07. The van der Waals surface area contributed by atoms with Gasteiger partial charge in [-0.2, -0.15) is 0 Å². The van der Waals surface area contributed by atoms with Crippen LogP contribution in [0.5, 0.6) is 5.75 Å². The van der Waals surface area contributed by atoms with Crippen LogP contribution < -0.4 is 15.0 Å². The molecule has 4 nitrogen and oxygen atoms in total. The van der Waals surface area contributed by atoms with Gasteiger partial charge >= 0.3 is 0 Å². The number of amides is 1. The Balaban J connectivity index is 2.16. The highest BCUT2D eigenvalue weighted by atomic mass is 16.5. The number of anilines is 1. The maximum Gasteiger partial charge on any atom is 0.267 e. The Morgan fingerprint density at radius 1 is 1.42 bits per heavy atom. The zero-order valence-electron chi connectivity index (χ0n) is 11.8. The maximum absolute atomic E-state index is 12.3. The predicted octanol–water partition coefficient (Wildman–Crippen LogP) is 2.05. The van der Waals surface area contributed by atoms with Crippen LogP contribution >= 0.6 is 0 Å². The lowest BCUT2D eigenvalue weighted by Gasteiger charge is -2.34. The summed E-state index contributed by atoms with van der Waals surface area (Å²) in [5, 5.41) is 3.32. The highest BCUT2D eigenvalue weighted by Gasteiger charge is 2.31. The Hall–Kier alpha value is -1.55. The van der Waals surface area contributed by atoms with E-state index in [-0.39, 0.29) is 5.91 Å². The third-order valence-electron chi connectivity index (χ3n) is 3.31. The normalized spacial score (nSPS) is 19.8. The Kier molecular flexibility index (Phi) is 4.43. The second-order valence-electron chi connectivity index (χ2n) is 5.09. The number of ether oxygens (including phenoxy) is 1. The van der Waals surface area contributed by atoms with Crippen LogP contribution in [0.3, 0.4) is 0 Å². The van der Waals surface area contributed by atoms with Gasteiger partial charge in [0.1, 0.15) is 5.75 Å². The Morgan fingerprint density at radius 2 is 2.16 bits per heavy atom. The lowest BCUT2D eigenvalue weighted by atomic mass is 10.1. The summed E-state index contributed by atoms with van der Waals surface area (Å²) in [4.78, 5) is 14.1. The molecular formula is C15H22N2O2. The van der Waals surface area contributed by atoms with Gasteiger partial charge in [-0.15, -0.1) is 0 Å². The molecule has 1 amide bonds. The van der Waals surface area contributed by atoms with Gasteiger partial charge in [0, 0.05) is 6.54 Å². The van der Waals surface area contributed by atoms with Crippen molar-refractivity contribution in [3.8, 4) is 5.75 Å². The second-order valence-corrected chi connectivity index (χ2v) is 5.09. The SMILES string of the molecule is CCNCC(C)CN1C(=O)C(C)Oc2ccccc21. The van der Waals surface area contributed by atoms with Crippen molar-refractivity contribution in [2.45, 2.75) is 26.9 Å². The lowest BCUT2D eigenvalue weighted by Crippen LogP contribution is -2.47. The van der Waals surface area contributed by atoms with Gasteiger partial charge in [0.25, 0.3) is 5.91 Å². The van der Waals surface area contributed by atoms with Gasteiger partial charge in [0.05, 0.1) is 5.69 Å². The fraction of sp³-hybridized carbons (Fsp3) is 0.533. The van der Waals surface area contributed by atoms with Gasteiger partial charge in [-0.3, -0.25) is 4.79 Å². The molecule has 2 rings (SSSR count). The predicted molar refractivity (Wildman–Crippen MR) is 76.6 cm³/mol. The summed E-state index contributed by atoms with van der Waals surface area (Å²) in [6, 6.07) is 7.73. The molecule has 4 heteroatoms. The number of hydrogen-bond acceptors (Lipinski definition) is 3. The van der Waals surface area contributed by atoms with Gasteiger partial charge in [0.2, 0.25) is 0 Å². The number of para-hydroxylation sites is 2. The lowest BCUT2D eigenvalue weighted by molar-refractivity contribution is -0.125. The molecule has 104 valence electrons. The summed E-state index contributed by atoms with van der Waals surface area (Å²) in [5.41, 5.74) is 0.883. The van der Waals surface area contributed by atoms with Gasteiger partial charge in [-0.25, -0.2) is 0 Å². The van der Waals surface area contributed by atoms with E-state index in [4.69, 9.17) is 4.74 Å². The Bertz CT molecular complexity index is 448. The maximum atomic E-state index is 12.3. The number of carbonyl (C=O) groups excluding carboxylic acids is 1. The zero-order chi connectivity index (χ0) is 13.8. The summed E-state index contributed by atoms with van der Waals surface area (Å²) in [7, 11) is 0. The van der Waals surface area contributed by atoms with E-state index in [2.05, 4.69) is 19.2 Å². The molecule has 2 atom stereocenters. The van der Waals surface area contributed by atoms with Crippen LogP contribution in [0, 0.1) is 5.92 Å². The monoisotopic (exact) mass is 262 g/mol. The van der Waals surface area contributed by atoms with Crippen molar-refractivity contribution < 1.29 is 9.53 Å². The summed E-state index contributed by atoms with van der Waals surface area (Å²) >= 11 is 0. The fourth-order valence-corrected chi connectivity index (χ4v) is 2.31. The van der Waals surface area contributed by atoms with Crippen molar-refractivity contribution in [3.63, 3.8) is 0 Å². The molecule has 0 saturated heterocycles. The molecule has 2 unspecified atom stereocenters. The van der Waals surface area contributed by atoms with Gasteiger partial charge in [0.15, 0.2) is 6.10 Å². The number of hydrogen-bond donors (Lipinski definition) is 1. The average Bonchev–Trinajstić information content (AvgIpc) is 2.41. The first kappa shape index (κ1) is 13.9. The number of fused-ring (bicyclic) bond motifs is 1. The molecule has 0 spiro atoms. The van der Waals surface area contributed by atoms with Crippen molar-refractivity contribution in [3.05, 3.63) is 24.3 Å². The van der Waals surface area contributed by atoms with E-state index in [0.29, 0.717) is 5.92 Å². The molecule has 1 aromatic rings. The zero-order valence-corrected chi connectivity index (χ0v) is 11.8. The molecule has 0 aliphatic carbocycles. The van der Waals surface area contributed by atoms with Crippen molar-refractivity contribution in [1.29, 1.82) is 0 Å². The van der Waals surface area contributed by atoms with Crippen molar-refractivity contribution in [2.24, 2.45) is 5.92 Å². The summed E-state index contributed by atoms with van der Waals surface area (Å²) in [6.45, 7) is 8.63. The molecule has 0 saturated carbocycles. The summed E-state index contributed by atoms with van der Waals surface area (Å²) in [5.74, 6) is 1.24. The number of rotatable bonds is 5. The minimum Gasteiger partial charge on any atom is -0.479 e. The second kappa shape index (κ2) is 6.06. The molecular weight excluding hydrogens is 240 g/mol. The first-order chi connectivity index (χ1) is 9.13. The standard InChI is InChI=1S/C15H22N2O2/c1-4-16-9-11(2)10-17-13-7-5-6-8-14(13)19-12(3)15(17)18/h5-8,11-12,16H,4,9-10H2,1-3H3. The van der Waals surface area contributed by atoms with Crippen LogP contribution in [0.1, 0.15) is 20.8 Å². The summed E-state index contributed by atoms with van der Waals surface area (Å²) < 4.78 is 5.63. The minimum atomic E-state index is -0.402. The van der Waals surface area contributed by atoms with E-state index in [9.17, 15) is 4.79 Å². The van der Waals surface area contributed by atoms with Crippen molar-refractivity contribution >= 4 is 11.6 Å². The largest absolute Gasteiger partial charge is 0.479 e. The number of nitrogens with zero attached hydrogens (tertiary/aromatic N) is 1. The van der Waals surface area contributed by atoms with Gasteiger partial charge in [-0.05, 0) is 38.1 Å². The van der Waals surface area contributed by atoms with E-state index >= 15 is 0 Å². The number of carbonyl (C=O) groups is 1. The highest BCUT2D eigenvalue weighted by Crippen LogP contribution is 2.33. The Morgan fingerprint density at radius 3 is 2.89 bits per heavy atom. The molecule has 0 radical (unpaired) electrons. The third-order valence-corrected chi connectivity index (χ3v) is 3.31. The van der Waals surface area contributed by atoms with Crippen LogP contribution in [0.15, 0.2) is 24.3 Å². The fourth-order valence-electron chi connectivity index (χ4n) is 2.31. The van der Waals surface area contributed by atoms with Crippen molar-refractivity contribution in [2.75, 3.05) is 24.5 Å². The smallest absolute Gasteiger partial charge is 0.267 e. The highest BCUT2D eigenvalue weighted by molar-refractivity contribution is 5.99. The molecule has 1 aliphatic rings. The molecule has 1 heterocycles. The molecule has 1 aliphatic heterocycles. The van der Waals surface area contributed by atoms with Crippen LogP contribution in [0.25, 0.3) is 0 Å². The van der Waals surface area contributed by atoms with Crippen molar-refractivity contribution in [1.82, 2.24) is 5.32 Å². The summed E-state index contributed by atoms with van der Waals surface area (Å²) in [6.07, 6.45) is -0.402. The van der Waals surface area contributed by atoms with E-state index in [0.717, 1.165) is 31.1 Å². The number of benzene rings is 1. The minimum absolute atomic E-state index is 0.0436. The molecule has 0 bridgehead atoms. The van der Waals surface area contributed by atoms with Crippen LogP contribution in [0.4, 0.5) is 5.69 Å². The van der Waals surface area contributed by atoms with E-state index in [1.165, 1.54) is 0 Å². The quantitative estimate of drug-likeness (QED) is 0.883. The first-order valence-electron chi connectivity index (χ1n) is 6.91. The first-order valence-corrected chi connectivity index (χ1v) is 6.91. The molecule has 0 fully saturated rings. The van der Waals surface area contributed by atoms with Gasteiger partial charge in [-0.1, -0.05) is 26.0 Å². The molecule has 0 aromatic heterocycles.